The van der Waals surface area contributed by atoms with E-state index in [1.165, 1.54) is 25.7 Å². The predicted octanol–water partition coefficient (Wildman–Crippen LogP) is 4.92. The van der Waals surface area contributed by atoms with Gasteiger partial charge in [0.05, 0.1) is 59.3 Å². The fraction of sp³-hybridized carbons (Fsp3) is 0.450. The van der Waals surface area contributed by atoms with Crippen LogP contribution in [0.1, 0.15) is 97.4 Å². The molecular formula is C40H47N11O5. The zero-order valence-electron chi connectivity index (χ0n) is 31.6. The van der Waals surface area contributed by atoms with Crippen LogP contribution in [0.5, 0.6) is 5.75 Å². The van der Waals surface area contributed by atoms with Crippen molar-refractivity contribution in [3.05, 3.63) is 72.4 Å². The molecule has 1 aromatic carbocycles. The third-order valence-electron chi connectivity index (χ3n) is 11.0. The molecule has 4 aromatic heterocycles. The van der Waals surface area contributed by atoms with Gasteiger partial charge in [-0.15, -0.1) is 5.10 Å². The number of rotatable bonds is 16. The lowest BCUT2D eigenvalue weighted by Gasteiger charge is -2.32. The number of piperidine rings is 2. The molecule has 0 spiro atoms. The Hall–Kier alpha value is -5.90. The number of unbranched alkanes of at least 4 members (excludes halogenated alkanes) is 6. The first-order chi connectivity index (χ1) is 27.3. The Morgan fingerprint density at radius 2 is 1.66 bits per heavy atom. The van der Waals surface area contributed by atoms with Gasteiger partial charge in [-0.1, -0.05) is 38.2 Å². The fourth-order valence-corrected chi connectivity index (χ4v) is 7.98. The Kier molecular flexibility index (Phi) is 10.9. The van der Waals surface area contributed by atoms with Gasteiger partial charge in [0.25, 0.3) is 11.8 Å². The Morgan fingerprint density at radius 3 is 2.45 bits per heavy atom. The maximum absolute atomic E-state index is 13.2. The van der Waals surface area contributed by atoms with Crippen molar-refractivity contribution in [2.24, 2.45) is 7.05 Å². The molecule has 2 fully saturated rings. The molecule has 2 saturated heterocycles. The molecule has 16 nitrogen and oxygen atoms in total. The third-order valence-corrected chi connectivity index (χ3v) is 11.0. The third kappa shape index (κ3) is 7.92. The number of benzene rings is 1. The summed E-state index contributed by atoms with van der Waals surface area (Å²) < 4.78 is 11.7. The number of amides is 4. The van der Waals surface area contributed by atoms with Gasteiger partial charge >= 0.3 is 0 Å². The fourth-order valence-electron chi connectivity index (χ4n) is 7.98. The van der Waals surface area contributed by atoms with Crippen LogP contribution in [0.4, 0.5) is 11.6 Å². The van der Waals surface area contributed by atoms with Gasteiger partial charge in [0.2, 0.25) is 17.8 Å². The summed E-state index contributed by atoms with van der Waals surface area (Å²) in [6, 6.07) is 8.35. The molecule has 0 radical (unpaired) electrons. The highest BCUT2D eigenvalue weighted by atomic mass is 16.5. The molecule has 0 aliphatic carbocycles. The van der Waals surface area contributed by atoms with Crippen molar-refractivity contribution < 1.29 is 23.9 Å². The van der Waals surface area contributed by atoms with Crippen LogP contribution in [0, 0.1) is 0 Å². The average Bonchev–Trinajstić information content (AvgIpc) is 4.00. The summed E-state index contributed by atoms with van der Waals surface area (Å²) in [5, 5.41) is 19.2. The second-order valence-electron chi connectivity index (χ2n) is 14.9. The molecule has 56 heavy (non-hydrogen) atoms. The van der Waals surface area contributed by atoms with E-state index in [1.54, 1.807) is 22.9 Å². The highest BCUT2D eigenvalue weighted by Gasteiger charge is 2.46. The second kappa shape index (κ2) is 16.5. The first kappa shape index (κ1) is 37.0. The van der Waals surface area contributed by atoms with E-state index in [2.05, 4.69) is 35.4 Å². The largest absolute Gasteiger partial charge is 0.493 e. The van der Waals surface area contributed by atoms with Gasteiger partial charge in [0.15, 0.2) is 0 Å². The molecule has 5 aromatic rings. The maximum atomic E-state index is 13.2. The van der Waals surface area contributed by atoms with Crippen LogP contribution in [0.3, 0.4) is 0 Å². The van der Waals surface area contributed by atoms with Crippen LogP contribution in [0.2, 0.25) is 0 Å². The number of hydrogen-bond acceptors (Lipinski definition) is 11. The summed E-state index contributed by atoms with van der Waals surface area (Å²) in [4.78, 5) is 58.3. The molecule has 3 aliphatic rings. The number of carbonyl (C=O) groups is 4. The molecule has 7 heterocycles. The lowest BCUT2D eigenvalue weighted by atomic mass is 10.0. The minimum absolute atomic E-state index is 0.0848. The number of nitrogens with one attached hydrogen (secondary N) is 2. The first-order valence-corrected chi connectivity index (χ1v) is 19.7. The van der Waals surface area contributed by atoms with Gasteiger partial charge < -0.3 is 15.0 Å². The Labute approximate surface area is 324 Å². The van der Waals surface area contributed by atoms with E-state index in [4.69, 9.17) is 9.84 Å². The van der Waals surface area contributed by atoms with Gasteiger partial charge in [-0.05, 0) is 62.9 Å². The van der Waals surface area contributed by atoms with Crippen LogP contribution in [0.15, 0.2) is 61.3 Å². The number of fused-ring (bicyclic) bond motifs is 2. The summed E-state index contributed by atoms with van der Waals surface area (Å²) in [6.45, 7) is 3.69. The van der Waals surface area contributed by atoms with Crippen molar-refractivity contribution in [1.29, 1.82) is 0 Å². The molecule has 0 saturated carbocycles. The van der Waals surface area contributed by atoms with E-state index in [-0.39, 0.29) is 24.0 Å². The van der Waals surface area contributed by atoms with Crippen molar-refractivity contribution in [2.75, 3.05) is 31.6 Å². The van der Waals surface area contributed by atoms with Crippen LogP contribution < -0.4 is 15.4 Å². The monoisotopic (exact) mass is 761 g/mol. The minimum atomic E-state index is -0.992. The molecule has 2 N–H and O–H groups in total. The number of likely N-dealkylation sites (tertiary alicyclic amines) is 1. The van der Waals surface area contributed by atoms with E-state index < -0.39 is 29.7 Å². The number of imide groups is 2. The standard InChI is InChI=1S/C40H47N11O5/c1-47-25-27(22-42-47)32-13-12-30-24-41-40(46-51(30)32)44-28-23-43-49(26-28)29-16-19-48(20-17-29)18-7-5-3-2-4-6-8-21-56-34-11-9-10-31-36(34)39(55)50(38(31)54)33-14-15-35(52)45-37(33)53/h9-13,22-26,29,33H,2-8,14-21H2,1H3,(H,44,46)(H,45,52,53). The predicted molar refractivity (Wildman–Crippen MR) is 206 cm³/mol. The zero-order chi connectivity index (χ0) is 38.6. The number of ether oxygens (including phenoxy) is 1. The molecule has 1 atom stereocenters. The van der Waals surface area contributed by atoms with Crippen molar-refractivity contribution in [2.45, 2.75) is 82.7 Å². The number of aryl methyl sites for hydroxylation is 1. The minimum Gasteiger partial charge on any atom is -0.493 e. The van der Waals surface area contributed by atoms with E-state index >= 15 is 0 Å². The average molecular weight is 762 g/mol. The topological polar surface area (TPSA) is 174 Å². The van der Waals surface area contributed by atoms with E-state index in [0.717, 1.165) is 79.1 Å². The SMILES string of the molecule is Cn1cc(-c2ccc3cnc(Nc4cnn(C5CCN(CCCCCCCCCOc6cccc7c6C(=O)N(C6CCC(=O)NC6=O)C7=O)CC5)c4)nn23)cn1. The van der Waals surface area contributed by atoms with Crippen LogP contribution in [0.25, 0.3) is 16.8 Å². The molecule has 8 rings (SSSR count). The summed E-state index contributed by atoms with van der Waals surface area (Å²) in [5.41, 5.74) is 4.15. The van der Waals surface area contributed by atoms with Crippen molar-refractivity contribution in [1.82, 2.24) is 49.3 Å². The quantitative estimate of drug-likeness (QED) is 0.103. The Bertz CT molecular complexity index is 2230. The first-order valence-electron chi connectivity index (χ1n) is 19.7. The zero-order valence-corrected chi connectivity index (χ0v) is 31.6. The second-order valence-corrected chi connectivity index (χ2v) is 14.9. The van der Waals surface area contributed by atoms with Gasteiger partial charge in [-0.3, -0.25) is 38.8 Å². The summed E-state index contributed by atoms with van der Waals surface area (Å²) in [7, 11) is 1.90. The van der Waals surface area contributed by atoms with E-state index in [0.29, 0.717) is 24.3 Å². The Morgan fingerprint density at radius 1 is 0.857 bits per heavy atom. The smallest absolute Gasteiger partial charge is 0.266 e. The highest BCUT2D eigenvalue weighted by molar-refractivity contribution is 6.24. The van der Waals surface area contributed by atoms with Gasteiger partial charge in [-0.2, -0.15) is 10.2 Å². The van der Waals surface area contributed by atoms with Crippen LogP contribution in [-0.4, -0.2) is 99.9 Å². The normalized spacial score (nSPS) is 17.9. The number of anilines is 2. The molecule has 4 amide bonds. The molecule has 3 aliphatic heterocycles. The number of hydrogen-bond donors (Lipinski definition) is 2. The number of nitrogens with zero attached hydrogens (tertiary/aromatic N) is 9. The Balaban J connectivity index is 0.698. The number of carbonyl (C=O) groups excluding carboxylic acids is 4. The van der Waals surface area contributed by atoms with E-state index in [9.17, 15) is 19.2 Å². The van der Waals surface area contributed by atoms with E-state index in [1.807, 2.05) is 54.7 Å². The van der Waals surface area contributed by atoms with Crippen LogP contribution in [-0.2, 0) is 16.6 Å². The molecule has 292 valence electrons. The highest BCUT2D eigenvalue weighted by Crippen LogP contribution is 2.34. The molecule has 0 bridgehead atoms. The lowest BCUT2D eigenvalue weighted by Crippen LogP contribution is -2.54. The summed E-state index contributed by atoms with van der Waals surface area (Å²) in [6.07, 6.45) is 19.6. The molecular weight excluding hydrogens is 715 g/mol. The summed E-state index contributed by atoms with van der Waals surface area (Å²) in [5.74, 6) is -1.22. The number of aromatic nitrogens is 7. The summed E-state index contributed by atoms with van der Waals surface area (Å²) >= 11 is 0. The van der Waals surface area contributed by atoms with Gasteiger partial charge in [-0.25, -0.2) is 9.50 Å². The maximum Gasteiger partial charge on any atom is 0.266 e. The van der Waals surface area contributed by atoms with Gasteiger partial charge in [0, 0.05) is 44.5 Å². The molecule has 16 heteroatoms. The molecule has 1 unspecified atom stereocenters. The van der Waals surface area contributed by atoms with Crippen molar-refractivity contribution in [3.8, 4) is 17.0 Å². The lowest BCUT2D eigenvalue weighted by molar-refractivity contribution is -0.136. The van der Waals surface area contributed by atoms with Crippen molar-refractivity contribution in [3.63, 3.8) is 0 Å². The van der Waals surface area contributed by atoms with Crippen molar-refractivity contribution >= 4 is 40.8 Å². The van der Waals surface area contributed by atoms with Crippen LogP contribution >= 0.6 is 0 Å². The van der Waals surface area contributed by atoms with Gasteiger partial charge in [0.1, 0.15) is 11.8 Å².